The van der Waals surface area contributed by atoms with Crippen molar-refractivity contribution in [1.82, 2.24) is 0 Å². The van der Waals surface area contributed by atoms with Crippen LogP contribution in [-0.2, 0) is 9.53 Å². The van der Waals surface area contributed by atoms with E-state index in [1.165, 1.54) is 5.39 Å². The van der Waals surface area contributed by atoms with E-state index in [1.807, 2.05) is 45.0 Å². The number of fused-ring (bicyclic) bond motifs is 2. The second-order valence-corrected chi connectivity index (χ2v) is 6.56. The highest BCUT2D eigenvalue weighted by Gasteiger charge is 2.23. The van der Waals surface area contributed by atoms with Gasteiger partial charge in [0, 0.05) is 5.39 Å². The molecule has 3 rings (SSSR count). The number of hydrogen-bond donors (Lipinski definition) is 0. The average molecular weight is 336 g/mol. The van der Waals surface area contributed by atoms with Gasteiger partial charge in [-0.15, -0.1) is 0 Å². The van der Waals surface area contributed by atoms with Gasteiger partial charge in [-0.05, 0) is 54.6 Å². The van der Waals surface area contributed by atoms with Gasteiger partial charge in [0.25, 0.3) is 0 Å². The van der Waals surface area contributed by atoms with Gasteiger partial charge in [0.2, 0.25) is 0 Å². The van der Waals surface area contributed by atoms with Crippen LogP contribution in [0.15, 0.2) is 54.6 Å². The van der Waals surface area contributed by atoms with Crippen molar-refractivity contribution in [2.75, 3.05) is 0 Å². The predicted octanol–water partition coefficient (Wildman–Crippen LogP) is 5.49. The minimum Gasteiger partial charge on any atom is -0.478 e. The van der Waals surface area contributed by atoms with Gasteiger partial charge in [0.15, 0.2) is 6.10 Å². The zero-order valence-electron chi connectivity index (χ0n) is 15.0. The number of esters is 1. The maximum absolute atomic E-state index is 12.3. The molecule has 0 aliphatic rings. The number of rotatable bonds is 6. The molecule has 0 radical (unpaired) electrons. The molecule has 0 aliphatic heterocycles. The van der Waals surface area contributed by atoms with Crippen molar-refractivity contribution in [2.45, 2.75) is 45.8 Å². The van der Waals surface area contributed by atoms with Gasteiger partial charge in [-0.3, -0.25) is 0 Å². The van der Waals surface area contributed by atoms with E-state index in [2.05, 4.69) is 30.3 Å². The molecule has 3 aromatic carbocycles. The Kier molecular flexibility index (Phi) is 5.22. The van der Waals surface area contributed by atoms with Crippen LogP contribution in [0.5, 0.6) is 5.75 Å². The Morgan fingerprint density at radius 1 is 0.960 bits per heavy atom. The molecular formula is C22H24O3. The molecule has 0 fully saturated rings. The second-order valence-electron chi connectivity index (χ2n) is 6.56. The highest BCUT2D eigenvalue weighted by atomic mass is 16.6. The third kappa shape index (κ3) is 3.93. The van der Waals surface area contributed by atoms with Gasteiger partial charge in [-0.2, -0.15) is 0 Å². The minimum absolute atomic E-state index is 0.146. The van der Waals surface area contributed by atoms with Gasteiger partial charge < -0.3 is 9.47 Å². The molecule has 1 unspecified atom stereocenters. The molecule has 0 spiro atoms. The SMILES string of the molecule is CCCC(Oc1cccc2cc3ccccc3cc12)C(=O)OC(C)C. The van der Waals surface area contributed by atoms with Crippen LogP contribution < -0.4 is 4.74 Å². The number of hydrogen-bond acceptors (Lipinski definition) is 3. The molecule has 130 valence electrons. The molecule has 3 nitrogen and oxygen atoms in total. The summed E-state index contributed by atoms with van der Waals surface area (Å²) in [6.45, 7) is 5.74. The van der Waals surface area contributed by atoms with Gasteiger partial charge in [0.05, 0.1) is 6.10 Å². The second kappa shape index (κ2) is 7.56. The Labute approximate surface area is 148 Å². The Morgan fingerprint density at radius 2 is 1.64 bits per heavy atom. The predicted molar refractivity (Wildman–Crippen MR) is 102 cm³/mol. The van der Waals surface area contributed by atoms with Crippen LogP contribution in [0.4, 0.5) is 0 Å². The van der Waals surface area contributed by atoms with E-state index in [0.717, 1.165) is 28.3 Å². The Balaban J connectivity index is 1.98. The Bertz CT molecular complexity index is 883. The maximum atomic E-state index is 12.3. The summed E-state index contributed by atoms with van der Waals surface area (Å²) in [6.07, 6.45) is 0.762. The molecule has 0 bridgehead atoms. The first-order chi connectivity index (χ1) is 12.1. The van der Waals surface area contributed by atoms with E-state index in [9.17, 15) is 4.79 Å². The summed E-state index contributed by atoms with van der Waals surface area (Å²) in [7, 11) is 0. The highest BCUT2D eigenvalue weighted by molar-refractivity contribution is 6.01. The summed E-state index contributed by atoms with van der Waals surface area (Å²) in [6, 6.07) is 18.5. The molecule has 25 heavy (non-hydrogen) atoms. The lowest BCUT2D eigenvalue weighted by atomic mass is 10.0. The number of benzene rings is 3. The van der Waals surface area contributed by atoms with Gasteiger partial charge in [0.1, 0.15) is 5.75 Å². The molecule has 3 aromatic rings. The average Bonchev–Trinajstić information content (AvgIpc) is 2.59. The molecule has 0 N–H and O–H groups in total. The summed E-state index contributed by atoms with van der Waals surface area (Å²) in [5.74, 6) is 0.428. The monoisotopic (exact) mass is 336 g/mol. The normalized spacial score (nSPS) is 12.5. The van der Waals surface area contributed by atoms with Gasteiger partial charge in [-0.1, -0.05) is 49.7 Å². The molecule has 0 amide bonds. The van der Waals surface area contributed by atoms with Crippen molar-refractivity contribution in [3.8, 4) is 5.75 Å². The first-order valence-corrected chi connectivity index (χ1v) is 8.87. The van der Waals surface area contributed by atoms with Crippen molar-refractivity contribution in [2.24, 2.45) is 0 Å². The van der Waals surface area contributed by atoms with E-state index in [0.29, 0.717) is 6.42 Å². The minimum atomic E-state index is -0.579. The van der Waals surface area contributed by atoms with Crippen LogP contribution in [0, 0.1) is 0 Å². The molecule has 0 saturated carbocycles. The lowest BCUT2D eigenvalue weighted by molar-refractivity contribution is -0.156. The van der Waals surface area contributed by atoms with E-state index in [-0.39, 0.29) is 12.1 Å². The van der Waals surface area contributed by atoms with Crippen molar-refractivity contribution < 1.29 is 14.3 Å². The molecule has 3 heteroatoms. The number of ether oxygens (including phenoxy) is 2. The molecule has 1 atom stereocenters. The first kappa shape index (κ1) is 17.3. The van der Waals surface area contributed by atoms with E-state index in [4.69, 9.17) is 9.47 Å². The summed E-state index contributed by atoms with van der Waals surface area (Å²) < 4.78 is 11.5. The zero-order valence-corrected chi connectivity index (χ0v) is 15.0. The van der Waals surface area contributed by atoms with Crippen molar-refractivity contribution in [3.63, 3.8) is 0 Å². The molecular weight excluding hydrogens is 312 g/mol. The van der Waals surface area contributed by atoms with Gasteiger partial charge in [-0.25, -0.2) is 4.79 Å². The highest BCUT2D eigenvalue weighted by Crippen LogP contribution is 2.31. The molecule has 0 aromatic heterocycles. The largest absolute Gasteiger partial charge is 0.478 e. The van der Waals surface area contributed by atoms with Crippen molar-refractivity contribution in [1.29, 1.82) is 0 Å². The topological polar surface area (TPSA) is 35.5 Å². The van der Waals surface area contributed by atoms with Crippen LogP contribution in [0.25, 0.3) is 21.5 Å². The standard InChI is InChI=1S/C22H24O3/c1-4-8-21(22(23)24-15(2)3)25-20-12-7-11-18-13-16-9-5-6-10-17(16)14-19(18)20/h5-7,9-15,21H,4,8H2,1-3H3. The third-order valence-electron chi connectivity index (χ3n) is 4.14. The van der Waals surface area contributed by atoms with Gasteiger partial charge >= 0.3 is 5.97 Å². The van der Waals surface area contributed by atoms with E-state index in [1.54, 1.807) is 0 Å². The van der Waals surface area contributed by atoms with Crippen LogP contribution in [0.1, 0.15) is 33.6 Å². The van der Waals surface area contributed by atoms with Crippen molar-refractivity contribution in [3.05, 3.63) is 54.6 Å². The fraction of sp³-hybridized carbons (Fsp3) is 0.318. The summed E-state index contributed by atoms with van der Waals surface area (Å²) >= 11 is 0. The zero-order chi connectivity index (χ0) is 17.8. The quantitative estimate of drug-likeness (QED) is 0.441. The summed E-state index contributed by atoms with van der Waals surface area (Å²) in [4.78, 5) is 12.3. The molecule has 0 aliphatic carbocycles. The fourth-order valence-corrected chi connectivity index (χ4v) is 2.99. The molecule has 0 heterocycles. The summed E-state index contributed by atoms with van der Waals surface area (Å²) in [5.41, 5.74) is 0. The summed E-state index contributed by atoms with van der Waals surface area (Å²) in [5, 5.41) is 4.46. The van der Waals surface area contributed by atoms with E-state index >= 15 is 0 Å². The smallest absolute Gasteiger partial charge is 0.347 e. The Hall–Kier alpha value is -2.55. The lowest BCUT2D eigenvalue weighted by Crippen LogP contribution is -2.31. The van der Waals surface area contributed by atoms with Crippen LogP contribution in [0.3, 0.4) is 0 Å². The third-order valence-corrected chi connectivity index (χ3v) is 4.14. The number of carbonyl (C=O) groups is 1. The first-order valence-electron chi connectivity index (χ1n) is 8.87. The van der Waals surface area contributed by atoms with Crippen LogP contribution in [0.2, 0.25) is 0 Å². The lowest BCUT2D eigenvalue weighted by Gasteiger charge is -2.20. The number of carbonyl (C=O) groups excluding carboxylic acids is 1. The maximum Gasteiger partial charge on any atom is 0.347 e. The fourth-order valence-electron chi connectivity index (χ4n) is 2.99. The Morgan fingerprint density at radius 3 is 2.32 bits per heavy atom. The molecule has 0 saturated heterocycles. The van der Waals surface area contributed by atoms with Crippen molar-refractivity contribution >= 4 is 27.5 Å². The van der Waals surface area contributed by atoms with E-state index < -0.39 is 6.10 Å². The van der Waals surface area contributed by atoms with Crippen LogP contribution in [-0.4, -0.2) is 18.2 Å². The van der Waals surface area contributed by atoms with Crippen LogP contribution >= 0.6 is 0 Å².